The molecule has 2 aromatic rings. The second-order valence-corrected chi connectivity index (χ2v) is 6.31. The maximum atomic E-state index is 12.3. The summed E-state index contributed by atoms with van der Waals surface area (Å²) in [5.41, 5.74) is 4.28. The van der Waals surface area contributed by atoms with Crippen LogP contribution in [0.5, 0.6) is 11.5 Å². The lowest BCUT2D eigenvalue weighted by molar-refractivity contribution is -0.136. The quantitative estimate of drug-likeness (QED) is 0.805. The molecular formula is C18H12ClNO4. The standard InChI is InChI=1S/C18H12ClNO4/c19-10-3-1-9(2-4-10)16-11-5-14-15(24-8-23-14)6-12(11)20-13-7-22-18(21)17(13)16/h1-6,16,20H,7-8H2. The van der Waals surface area contributed by atoms with Crippen LogP contribution >= 0.6 is 11.6 Å². The van der Waals surface area contributed by atoms with Crippen LogP contribution in [0.1, 0.15) is 17.0 Å². The van der Waals surface area contributed by atoms with E-state index >= 15 is 0 Å². The minimum absolute atomic E-state index is 0.207. The summed E-state index contributed by atoms with van der Waals surface area (Å²) in [4.78, 5) is 12.3. The van der Waals surface area contributed by atoms with E-state index in [1.165, 1.54) is 0 Å². The zero-order chi connectivity index (χ0) is 16.3. The van der Waals surface area contributed by atoms with Crippen LogP contribution < -0.4 is 14.8 Å². The van der Waals surface area contributed by atoms with Crippen molar-refractivity contribution < 1.29 is 19.0 Å². The van der Waals surface area contributed by atoms with Crippen LogP contribution in [0.3, 0.4) is 0 Å². The predicted molar refractivity (Wildman–Crippen MR) is 87.5 cm³/mol. The lowest BCUT2D eigenvalue weighted by Crippen LogP contribution is -2.19. The van der Waals surface area contributed by atoms with Gasteiger partial charge in [0, 0.05) is 22.7 Å². The lowest BCUT2D eigenvalue weighted by atomic mass is 9.81. The maximum absolute atomic E-state index is 12.3. The van der Waals surface area contributed by atoms with Crippen LogP contribution in [0, 0.1) is 0 Å². The molecule has 3 aliphatic heterocycles. The van der Waals surface area contributed by atoms with Gasteiger partial charge in [-0.3, -0.25) is 0 Å². The van der Waals surface area contributed by atoms with Crippen molar-refractivity contribution in [2.45, 2.75) is 5.92 Å². The molecule has 0 aliphatic carbocycles. The van der Waals surface area contributed by atoms with Crippen molar-refractivity contribution in [1.29, 1.82) is 0 Å². The van der Waals surface area contributed by atoms with Crippen molar-refractivity contribution in [3.63, 3.8) is 0 Å². The molecule has 0 bridgehead atoms. The lowest BCUT2D eigenvalue weighted by Gasteiger charge is -2.27. The molecule has 3 heterocycles. The number of cyclic esters (lactones) is 1. The van der Waals surface area contributed by atoms with Crippen LogP contribution in [-0.4, -0.2) is 19.4 Å². The Morgan fingerprint density at radius 3 is 2.58 bits per heavy atom. The Bertz CT molecular complexity index is 904. The SMILES string of the molecule is O=C1OCC2=C1C(c1ccc(Cl)cc1)c1cc3c(cc1N2)OCO3. The summed E-state index contributed by atoms with van der Waals surface area (Å²) in [5.74, 6) is 0.870. The summed E-state index contributed by atoms with van der Waals surface area (Å²) < 4.78 is 16.2. The van der Waals surface area contributed by atoms with Gasteiger partial charge >= 0.3 is 5.97 Å². The minimum Gasteiger partial charge on any atom is -0.456 e. The summed E-state index contributed by atoms with van der Waals surface area (Å²) in [6.45, 7) is 0.463. The number of hydrogen-bond acceptors (Lipinski definition) is 5. The molecule has 0 radical (unpaired) electrons. The summed E-state index contributed by atoms with van der Waals surface area (Å²) in [7, 11) is 0. The molecule has 0 fully saturated rings. The van der Waals surface area contributed by atoms with Crippen molar-refractivity contribution >= 4 is 23.3 Å². The summed E-state index contributed by atoms with van der Waals surface area (Å²) in [6, 6.07) is 11.4. The van der Waals surface area contributed by atoms with Gasteiger partial charge in [0.2, 0.25) is 6.79 Å². The molecular weight excluding hydrogens is 330 g/mol. The van der Waals surface area contributed by atoms with Crippen LogP contribution in [0.25, 0.3) is 0 Å². The van der Waals surface area contributed by atoms with E-state index in [1.807, 2.05) is 36.4 Å². The number of benzene rings is 2. The van der Waals surface area contributed by atoms with Crippen LogP contribution in [-0.2, 0) is 9.53 Å². The first-order chi connectivity index (χ1) is 11.7. The van der Waals surface area contributed by atoms with Crippen molar-refractivity contribution in [1.82, 2.24) is 0 Å². The molecule has 5 nitrogen and oxygen atoms in total. The predicted octanol–water partition coefficient (Wildman–Crippen LogP) is 3.44. The average Bonchev–Trinajstić information content (AvgIpc) is 3.18. The molecule has 1 unspecified atom stereocenters. The van der Waals surface area contributed by atoms with E-state index in [0.717, 1.165) is 22.5 Å². The molecule has 120 valence electrons. The zero-order valence-corrected chi connectivity index (χ0v) is 13.2. The number of ether oxygens (including phenoxy) is 3. The summed E-state index contributed by atoms with van der Waals surface area (Å²) >= 11 is 6.01. The number of rotatable bonds is 1. The number of hydrogen-bond donors (Lipinski definition) is 1. The highest BCUT2D eigenvalue weighted by atomic mass is 35.5. The Morgan fingerprint density at radius 1 is 1.04 bits per heavy atom. The van der Waals surface area contributed by atoms with Gasteiger partial charge in [-0.15, -0.1) is 0 Å². The highest BCUT2D eigenvalue weighted by molar-refractivity contribution is 6.30. The molecule has 0 spiro atoms. The van der Waals surface area contributed by atoms with Gasteiger partial charge in [-0.1, -0.05) is 23.7 Å². The highest BCUT2D eigenvalue weighted by Gasteiger charge is 2.39. The first kappa shape index (κ1) is 13.7. The normalized spacial score (nSPS) is 20.4. The molecule has 0 saturated heterocycles. The molecule has 5 rings (SSSR count). The van der Waals surface area contributed by atoms with E-state index in [0.29, 0.717) is 22.1 Å². The van der Waals surface area contributed by atoms with Gasteiger partial charge in [0.15, 0.2) is 11.5 Å². The Morgan fingerprint density at radius 2 is 1.79 bits per heavy atom. The van der Waals surface area contributed by atoms with Crippen LogP contribution in [0.15, 0.2) is 47.7 Å². The third kappa shape index (κ3) is 1.91. The fourth-order valence-electron chi connectivity index (χ4n) is 3.44. The van der Waals surface area contributed by atoms with Gasteiger partial charge in [0.1, 0.15) is 6.61 Å². The molecule has 1 N–H and O–H groups in total. The number of fused-ring (bicyclic) bond motifs is 2. The van der Waals surface area contributed by atoms with E-state index < -0.39 is 0 Å². The third-order valence-electron chi connectivity index (χ3n) is 4.53. The number of esters is 1. The van der Waals surface area contributed by atoms with Gasteiger partial charge in [0.25, 0.3) is 0 Å². The molecule has 1 atom stereocenters. The Kier molecular flexibility index (Phi) is 2.82. The molecule has 0 aromatic heterocycles. The zero-order valence-electron chi connectivity index (χ0n) is 12.5. The molecule has 2 aromatic carbocycles. The Hall–Kier alpha value is -2.66. The van der Waals surface area contributed by atoms with E-state index in [9.17, 15) is 4.79 Å². The summed E-state index contributed by atoms with van der Waals surface area (Å²) in [6.07, 6.45) is 0. The Labute approximate surface area is 142 Å². The average molecular weight is 342 g/mol. The third-order valence-corrected chi connectivity index (χ3v) is 4.78. The number of anilines is 1. The van der Waals surface area contributed by atoms with E-state index in [4.69, 9.17) is 25.8 Å². The van der Waals surface area contributed by atoms with Crippen molar-refractivity contribution in [3.05, 3.63) is 63.8 Å². The summed E-state index contributed by atoms with van der Waals surface area (Å²) in [5, 5.41) is 3.96. The van der Waals surface area contributed by atoms with Crippen molar-refractivity contribution in [3.8, 4) is 11.5 Å². The number of halogens is 1. The maximum Gasteiger partial charge on any atom is 0.337 e. The number of carbonyl (C=O) groups is 1. The van der Waals surface area contributed by atoms with Gasteiger partial charge in [-0.2, -0.15) is 0 Å². The smallest absolute Gasteiger partial charge is 0.337 e. The fraction of sp³-hybridized carbons (Fsp3) is 0.167. The van der Waals surface area contributed by atoms with E-state index in [-0.39, 0.29) is 25.3 Å². The molecule has 0 amide bonds. The monoisotopic (exact) mass is 341 g/mol. The number of nitrogens with one attached hydrogen (secondary N) is 1. The van der Waals surface area contributed by atoms with Crippen molar-refractivity contribution in [2.75, 3.05) is 18.7 Å². The second-order valence-electron chi connectivity index (χ2n) is 5.87. The number of carbonyl (C=O) groups excluding carboxylic acids is 1. The topological polar surface area (TPSA) is 56.8 Å². The highest BCUT2D eigenvalue weighted by Crippen LogP contribution is 2.48. The fourth-order valence-corrected chi connectivity index (χ4v) is 3.56. The van der Waals surface area contributed by atoms with Crippen LogP contribution in [0.4, 0.5) is 5.69 Å². The second kappa shape index (κ2) is 4.92. The van der Waals surface area contributed by atoms with Gasteiger partial charge < -0.3 is 19.5 Å². The molecule has 0 saturated carbocycles. The molecule has 6 heteroatoms. The van der Waals surface area contributed by atoms with Crippen LogP contribution in [0.2, 0.25) is 5.02 Å². The van der Waals surface area contributed by atoms with Gasteiger partial charge in [-0.05, 0) is 29.3 Å². The first-order valence-electron chi connectivity index (χ1n) is 7.57. The van der Waals surface area contributed by atoms with E-state index in [2.05, 4.69) is 5.32 Å². The van der Waals surface area contributed by atoms with Gasteiger partial charge in [0.05, 0.1) is 11.3 Å². The van der Waals surface area contributed by atoms with Crippen molar-refractivity contribution in [2.24, 2.45) is 0 Å². The largest absolute Gasteiger partial charge is 0.456 e. The molecule has 3 aliphatic rings. The van der Waals surface area contributed by atoms with E-state index in [1.54, 1.807) is 0 Å². The molecule has 24 heavy (non-hydrogen) atoms. The Balaban J connectivity index is 1.73. The van der Waals surface area contributed by atoms with Gasteiger partial charge in [-0.25, -0.2) is 4.79 Å². The first-order valence-corrected chi connectivity index (χ1v) is 7.95. The minimum atomic E-state index is -0.291.